The second-order valence-electron chi connectivity index (χ2n) is 7.71. The summed E-state index contributed by atoms with van der Waals surface area (Å²) in [5, 5.41) is 11.2. The molecule has 0 aromatic rings. The summed E-state index contributed by atoms with van der Waals surface area (Å²) in [4.78, 5) is 15.2. The van der Waals surface area contributed by atoms with Gasteiger partial charge >= 0.3 is 5.97 Å². The smallest absolute Gasteiger partial charge is 0.351 e. The molecule has 4 aliphatic rings. The van der Waals surface area contributed by atoms with Gasteiger partial charge in [0.05, 0.1) is 0 Å². The van der Waals surface area contributed by atoms with E-state index in [4.69, 9.17) is 4.74 Å². The molecule has 2 bridgehead atoms. The Hall–Kier alpha value is -1.31. The van der Waals surface area contributed by atoms with E-state index in [0.717, 1.165) is 64.6 Å². The normalized spacial score (nSPS) is 32.3. The van der Waals surface area contributed by atoms with Crippen LogP contribution in [0.4, 0.5) is 0 Å². The van der Waals surface area contributed by atoms with Gasteiger partial charge in [0, 0.05) is 12.5 Å². The maximum absolute atomic E-state index is 12.9. The zero-order chi connectivity index (χ0) is 17.2. The molecule has 4 heteroatoms. The number of aliphatic hydroxyl groups is 1. The second-order valence-corrected chi connectivity index (χ2v) is 7.71. The fourth-order valence-corrected chi connectivity index (χ4v) is 4.31. The summed E-state index contributed by atoms with van der Waals surface area (Å²) in [5.74, 6) is 5.41. The lowest BCUT2D eigenvalue weighted by atomic mass is 9.77. The Balaban J connectivity index is 1.75. The average molecular weight is 331 g/mol. The molecule has 0 aromatic heterocycles. The molecule has 3 aliphatic heterocycles. The van der Waals surface area contributed by atoms with Crippen LogP contribution >= 0.6 is 0 Å². The summed E-state index contributed by atoms with van der Waals surface area (Å²) < 4.78 is 5.81. The Labute approximate surface area is 145 Å². The van der Waals surface area contributed by atoms with Gasteiger partial charge in [-0.3, -0.25) is 4.90 Å². The van der Waals surface area contributed by atoms with Crippen molar-refractivity contribution in [3.8, 4) is 11.8 Å². The summed E-state index contributed by atoms with van der Waals surface area (Å²) in [7, 11) is 0. The van der Waals surface area contributed by atoms with Crippen molar-refractivity contribution in [1.29, 1.82) is 0 Å². The Morgan fingerprint density at radius 1 is 1.21 bits per heavy atom. The highest BCUT2D eigenvalue weighted by Crippen LogP contribution is 2.36. The van der Waals surface area contributed by atoms with Gasteiger partial charge in [-0.1, -0.05) is 37.7 Å². The van der Waals surface area contributed by atoms with Crippen LogP contribution in [0.25, 0.3) is 0 Å². The van der Waals surface area contributed by atoms with Gasteiger partial charge in [-0.2, -0.15) is 0 Å². The van der Waals surface area contributed by atoms with Crippen LogP contribution in [0.1, 0.15) is 51.9 Å². The number of hydrogen-bond acceptors (Lipinski definition) is 4. The average Bonchev–Trinajstić information content (AvgIpc) is 2.61. The number of fused-ring (bicyclic) bond motifs is 3. The van der Waals surface area contributed by atoms with Crippen LogP contribution < -0.4 is 0 Å². The van der Waals surface area contributed by atoms with Crippen LogP contribution in [0.15, 0.2) is 12.2 Å². The summed E-state index contributed by atoms with van der Waals surface area (Å²) in [6, 6.07) is 0. The number of esters is 1. The standard InChI is InChI=1S/C20H29NO3/c1-15(2)8-11-20(23,17-6-4-3-5-7-17)19(22)24-18-14-21-12-9-16(18)10-13-21/h16-18,23H,1,3-7,9-10,12-14H2,2H3/t18-,20+/m1/s1. The predicted octanol–water partition coefficient (Wildman–Crippen LogP) is 2.51. The van der Waals surface area contributed by atoms with Crippen LogP contribution in [0, 0.1) is 23.7 Å². The number of allylic oxidation sites excluding steroid dienone is 1. The first kappa shape index (κ1) is 17.5. The van der Waals surface area contributed by atoms with E-state index in [0.29, 0.717) is 11.5 Å². The third-order valence-corrected chi connectivity index (χ3v) is 5.83. The molecule has 3 heterocycles. The van der Waals surface area contributed by atoms with Gasteiger partial charge in [-0.15, -0.1) is 0 Å². The van der Waals surface area contributed by atoms with Gasteiger partial charge in [0.15, 0.2) is 0 Å². The highest BCUT2D eigenvalue weighted by molar-refractivity contribution is 5.84. The molecule has 0 aromatic carbocycles. The topological polar surface area (TPSA) is 49.8 Å². The molecule has 4 rings (SSSR count). The summed E-state index contributed by atoms with van der Waals surface area (Å²) in [5.41, 5.74) is -1.04. The Morgan fingerprint density at radius 3 is 2.42 bits per heavy atom. The number of nitrogens with zero attached hydrogens (tertiary/aromatic N) is 1. The first-order valence-electron chi connectivity index (χ1n) is 9.33. The van der Waals surface area contributed by atoms with E-state index in [1.165, 1.54) is 0 Å². The largest absolute Gasteiger partial charge is 0.458 e. The van der Waals surface area contributed by atoms with Crippen molar-refractivity contribution >= 4 is 5.97 Å². The van der Waals surface area contributed by atoms with Gasteiger partial charge in [-0.25, -0.2) is 4.79 Å². The zero-order valence-electron chi connectivity index (χ0n) is 14.7. The van der Waals surface area contributed by atoms with Crippen LogP contribution in [0.2, 0.25) is 0 Å². The second kappa shape index (κ2) is 7.29. The van der Waals surface area contributed by atoms with Gasteiger partial charge in [0.25, 0.3) is 0 Å². The fraction of sp³-hybridized carbons (Fsp3) is 0.750. The SMILES string of the molecule is C=C(C)C#C[C@@](O)(C(=O)O[C@@H]1CN2CCC1CC2)C1CCCCC1. The molecule has 4 fully saturated rings. The molecular formula is C20H29NO3. The molecule has 0 radical (unpaired) electrons. The van der Waals surface area contributed by atoms with E-state index < -0.39 is 11.6 Å². The van der Waals surface area contributed by atoms with Crippen molar-refractivity contribution in [1.82, 2.24) is 4.90 Å². The molecule has 24 heavy (non-hydrogen) atoms. The molecule has 0 amide bonds. The summed E-state index contributed by atoms with van der Waals surface area (Å²) in [6.45, 7) is 8.54. The van der Waals surface area contributed by atoms with E-state index in [9.17, 15) is 9.90 Å². The van der Waals surface area contributed by atoms with Crippen molar-refractivity contribution < 1.29 is 14.6 Å². The minimum absolute atomic E-state index is 0.0956. The summed E-state index contributed by atoms with van der Waals surface area (Å²) in [6.07, 6.45) is 6.96. The maximum atomic E-state index is 12.9. The first-order chi connectivity index (χ1) is 11.5. The number of piperidine rings is 3. The molecule has 4 nitrogen and oxygen atoms in total. The maximum Gasteiger partial charge on any atom is 0.351 e. The molecule has 1 N–H and O–H groups in total. The number of rotatable bonds is 3. The van der Waals surface area contributed by atoms with E-state index in [-0.39, 0.29) is 12.0 Å². The summed E-state index contributed by atoms with van der Waals surface area (Å²) >= 11 is 0. The molecule has 2 atom stereocenters. The molecule has 1 saturated carbocycles. The van der Waals surface area contributed by atoms with Crippen molar-refractivity contribution in [2.75, 3.05) is 19.6 Å². The lowest BCUT2D eigenvalue weighted by molar-refractivity contribution is -0.180. The van der Waals surface area contributed by atoms with Gasteiger partial charge < -0.3 is 9.84 Å². The number of hydrogen-bond donors (Lipinski definition) is 1. The monoisotopic (exact) mass is 331 g/mol. The molecule has 0 unspecified atom stereocenters. The van der Waals surface area contributed by atoms with E-state index in [2.05, 4.69) is 23.3 Å². The molecule has 3 saturated heterocycles. The van der Waals surface area contributed by atoms with Crippen LogP contribution in [0.3, 0.4) is 0 Å². The lowest BCUT2D eigenvalue weighted by Gasteiger charge is -2.45. The van der Waals surface area contributed by atoms with E-state index >= 15 is 0 Å². The van der Waals surface area contributed by atoms with Gasteiger partial charge in [-0.05, 0) is 57.2 Å². The third-order valence-electron chi connectivity index (χ3n) is 5.83. The zero-order valence-corrected chi connectivity index (χ0v) is 14.7. The Bertz CT molecular complexity index is 547. The lowest BCUT2D eigenvalue weighted by Crippen LogP contribution is -2.55. The first-order valence-corrected chi connectivity index (χ1v) is 9.33. The molecule has 1 aliphatic carbocycles. The Morgan fingerprint density at radius 2 is 1.88 bits per heavy atom. The predicted molar refractivity (Wildman–Crippen MR) is 93.2 cm³/mol. The minimum Gasteiger partial charge on any atom is -0.458 e. The van der Waals surface area contributed by atoms with E-state index in [1.807, 2.05) is 0 Å². The van der Waals surface area contributed by atoms with E-state index in [1.54, 1.807) is 6.92 Å². The number of ether oxygens (including phenoxy) is 1. The minimum atomic E-state index is -1.69. The molecule has 132 valence electrons. The van der Waals surface area contributed by atoms with Crippen LogP contribution in [-0.2, 0) is 9.53 Å². The Kier molecular flexibility index (Phi) is 5.32. The van der Waals surface area contributed by atoms with Crippen molar-refractivity contribution in [3.63, 3.8) is 0 Å². The van der Waals surface area contributed by atoms with Crippen molar-refractivity contribution in [3.05, 3.63) is 12.2 Å². The number of carbonyl (C=O) groups excluding carboxylic acids is 1. The highest BCUT2D eigenvalue weighted by Gasteiger charge is 2.47. The van der Waals surface area contributed by atoms with Gasteiger partial charge in [0.2, 0.25) is 5.60 Å². The number of carbonyl (C=O) groups is 1. The van der Waals surface area contributed by atoms with Crippen molar-refractivity contribution in [2.24, 2.45) is 11.8 Å². The highest BCUT2D eigenvalue weighted by atomic mass is 16.6. The van der Waals surface area contributed by atoms with Crippen LogP contribution in [-0.4, -0.2) is 47.3 Å². The third kappa shape index (κ3) is 3.68. The fourth-order valence-electron chi connectivity index (χ4n) is 4.31. The molecular weight excluding hydrogens is 302 g/mol. The van der Waals surface area contributed by atoms with Gasteiger partial charge in [0.1, 0.15) is 6.10 Å². The van der Waals surface area contributed by atoms with Crippen molar-refractivity contribution in [2.45, 2.75) is 63.6 Å². The molecule has 0 spiro atoms. The van der Waals surface area contributed by atoms with Crippen LogP contribution in [0.5, 0.6) is 0 Å². The quantitative estimate of drug-likeness (QED) is 0.638.